The van der Waals surface area contributed by atoms with Gasteiger partial charge in [0.05, 0.1) is 0 Å². The van der Waals surface area contributed by atoms with Crippen molar-refractivity contribution in [3.8, 4) is 0 Å². The Morgan fingerprint density at radius 1 is 0.970 bits per heavy atom. The van der Waals surface area contributed by atoms with Gasteiger partial charge in [-0.25, -0.2) is 4.79 Å². The molecular formula is C24H24N4O5. The number of piperazine rings is 1. The molecular weight excluding hydrogens is 424 g/mol. The number of nitrogens with zero attached hydrogens (tertiary/aromatic N) is 2. The van der Waals surface area contributed by atoms with Crippen LogP contribution in [0, 0.1) is 0 Å². The Kier molecular flexibility index (Phi) is 6.39. The van der Waals surface area contributed by atoms with Crippen molar-refractivity contribution in [3.05, 3.63) is 71.9 Å². The molecule has 2 aromatic carbocycles. The molecule has 0 bridgehead atoms. The smallest absolute Gasteiger partial charge is 0.326 e. The molecule has 9 nitrogen and oxygen atoms in total. The number of carbonyl (C=O) groups excluding carboxylic acids is 3. The number of H-pyrrole nitrogens is 1. The van der Waals surface area contributed by atoms with Gasteiger partial charge in [-0.2, -0.15) is 0 Å². The molecule has 0 aliphatic carbocycles. The van der Waals surface area contributed by atoms with Gasteiger partial charge in [0.2, 0.25) is 17.7 Å². The van der Waals surface area contributed by atoms with Gasteiger partial charge in [0.15, 0.2) is 0 Å². The van der Waals surface area contributed by atoms with E-state index in [9.17, 15) is 24.3 Å². The van der Waals surface area contributed by atoms with E-state index in [-0.39, 0.29) is 37.9 Å². The van der Waals surface area contributed by atoms with Crippen LogP contribution in [-0.4, -0.2) is 69.3 Å². The highest BCUT2D eigenvalue weighted by atomic mass is 16.4. The van der Waals surface area contributed by atoms with E-state index in [4.69, 9.17) is 0 Å². The Balaban J connectivity index is 1.35. The van der Waals surface area contributed by atoms with E-state index in [0.29, 0.717) is 6.54 Å². The predicted octanol–water partition coefficient (Wildman–Crippen LogP) is 1.15. The van der Waals surface area contributed by atoms with Gasteiger partial charge >= 0.3 is 5.97 Å². The van der Waals surface area contributed by atoms with Gasteiger partial charge in [-0.05, 0) is 17.2 Å². The molecule has 9 heteroatoms. The highest BCUT2D eigenvalue weighted by Crippen LogP contribution is 2.19. The highest BCUT2D eigenvalue weighted by molar-refractivity contribution is 5.95. The molecule has 1 fully saturated rings. The summed E-state index contributed by atoms with van der Waals surface area (Å²) >= 11 is 0. The molecule has 0 saturated carbocycles. The van der Waals surface area contributed by atoms with Crippen molar-refractivity contribution in [1.29, 1.82) is 0 Å². The summed E-state index contributed by atoms with van der Waals surface area (Å²) in [5.74, 6) is -2.42. The van der Waals surface area contributed by atoms with E-state index in [1.54, 1.807) is 6.20 Å². The lowest BCUT2D eigenvalue weighted by Gasteiger charge is -2.33. The standard InChI is InChI=1S/C24H24N4O5/c29-21(26-20(24(32)33)10-17-11-25-19-9-5-4-8-18(17)19)13-28-15-22(30)27(14-23(28)31)12-16-6-2-1-3-7-16/h1-9,11,20,25H,10,12-15H2,(H,26,29)(H,32,33). The Labute approximate surface area is 190 Å². The number of fused-ring (bicyclic) bond motifs is 1. The monoisotopic (exact) mass is 448 g/mol. The third-order valence-electron chi connectivity index (χ3n) is 5.64. The van der Waals surface area contributed by atoms with E-state index in [1.165, 1.54) is 4.90 Å². The molecule has 3 amide bonds. The van der Waals surface area contributed by atoms with Gasteiger partial charge in [-0.15, -0.1) is 0 Å². The van der Waals surface area contributed by atoms with Crippen molar-refractivity contribution < 1.29 is 24.3 Å². The zero-order valence-electron chi connectivity index (χ0n) is 17.9. The molecule has 1 aliphatic heterocycles. The Bertz CT molecular complexity index is 1190. The van der Waals surface area contributed by atoms with Crippen molar-refractivity contribution in [2.75, 3.05) is 19.6 Å². The molecule has 1 aromatic heterocycles. The normalized spacial score (nSPS) is 15.0. The SMILES string of the molecule is O=C(CN1CC(=O)N(Cc2ccccc2)CC1=O)NC(Cc1c[nH]c2ccccc12)C(=O)O. The number of hydrogen-bond donors (Lipinski definition) is 3. The lowest BCUT2D eigenvalue weighted by molar-refractivity contribution is -0.152. The number of aromatic nitrogens is 1. The summed E-state index contributed by atoms with van der Waals surface area (Å²) in [6.45, 7) is -0.406. The number of amides is 3. The molecule has 1 aliphatic rings. The average Bonchev–Trinajstić information content (AvgIpc) is 3.20. The number of carbonyl (C=O) groups is 4. The zero-order chi connectivity index (χ0) is 23.4. The summed E-state index contributed by atoms with van der Waals surface area (Å²) in [5.41, 5.74) is 2.55. The lowest BCUT2D eigenvalue weighted by Crippen LogP contribution is -2.56. The van der Waals surface area contributed by atoms with E-state index in [2.05, 4.69) is 10.3 Å². The van der Waals surface area contributed by atoms with Gasteiger partial charge in [0.25, 0.3) is 0 Å². The van der Waals surface area contributed by atoms with Gasteiger partial charge in [0.1, 0.15) is 25.7 Å². The molecule has 1 unspecified atom stereocenters. The minimum absolute atomic E-state index is 0.0861. The quantitative estimate of drug-likeness (QED) is 0.477. The second-order valence-corrected chi connectivity index (χ2v) is 8.01. The van der Waals surface area contributed by atoms with Crippen LogP contribution in [0.4, 0.5) is 0 Å². The van der Waals surface area contributed by atoms with Gasteiger partial charge in [0, 0.05) is 30.1 Å². The van der Waals surface area contributed by atoms with E-state index >= 15 is 0 Å². The predicted molar refractivity (Wildman–Crippen MR) is 120 cm³/mol. The molecule has 1 atom stereocenters. The zero-order valence-corrected chi connectivity index (χ0v) is 17.9. The van der Waals surface area contributed by atoms with Crippen LogP contribution in [0.2, 0.25) is 0 Å². The third-order valence-corrected chi connectivity index (χ3v) is 5.64. The van der Waals surface area contributed by atoms with Crippen LogP contribution in [0.1, 0.15) is 11.1 Å². The number of carboxylic acid groups (broad SMARTS) is 1. The summed E-state index contributed by atoms with van der Waals surface area (Å²) in [5, 5.41) is 13.0. The summed E-state index contributed by atoms with van der Waals surface area (Å²) in [7, 11) is 0. The minimum Gasteiger partial charge on any atom is -0.480 e. The fourth-order valence-corrected chi connectivity index (χ4v) is 3.93. The Morgan fingerprint density at radius 3 is 2.39 bits per heavy atom. The maximum atomic E-state index is 12.5. The largest absolute Gasteiger partial charge is 0.480 e. The van der Waals surface area contributed by atoms with Gasteiger partial charge in [-0.3, -0.25) is 14.4 Å². The van der Waals surface area contributed by atoms with Crippen LogP contribution in [0.15, 0.2) is 60.8 Å². The summed E-state index contributed by atoms with van der Waals surface area (Å²) in [6, 6.07) is 15.7. The van der Waals surface area contributed by atoms with Crippen molar-refractivity contribution in [2.24, 2.45) is 0 Å². The van der Waals surface area contributed by atoms with Crippen LogP contribution >= 0.6 is 0 Å². The molecule has 0 radical (unpaired) electrons. The Hall–Kier alpha value is -4.14. The molecule has 33 heavy (non-hydrogen) atoms. The number of aliphatic carboxylic acids is 1. The molecule has 170 valence electrons. The number of aromatic amines is 1. The summed E-state index contributed by atoms with van der Waals surface area (Å²) < 4.78 is 0. The summed E-state index contributed by atoms with van der Waals surface area (Å²) in [4.78, 5) is 55.0. The van der Waals surface area contributed by atoms with Gasteiger partial charge in [-0.1, -0.05) is 48.5 Å². The first-order chi connectivity index (χ1) is 15.9. The number of hydrogen-bond acceptors (Lipinski definition) is 4. The number of rotatable bonds is 8. The highest BCUT2D eigenvalue weighted by Gasteiger charge is 2.32. The van der Waals surface area contributed by atoms with Crippen molar-refractivity contribution in [2.45, 2.75) is 19.0 Å². The third kappa shape index (κ3) is 5.20. The fraction of sp³-hybridized carbons (Fsp3) is 0.250. The average molecular weight is 448 g/mol. The number of para-hydroxylation sites is 1. The first-order valence-electron chi connectivity index (χ1n) is 10.6. The molecule has 2 heterocycles. The Morgan fingerprint density at radius 2 is 1.64 bits per heavy atom. The number of benzene rings is 2. The van der Waals surface area contributed by atoms with Gasteiger partial charge < -0.3 is 25.2 Å². The van der Waals surface area contributed by atoms with Crippen LogP contribution in [0.25, 0.3) is 10.9 Å². The molecule has 4 rings (SSSR count). The van der Waals surface area contributed by atoms with Crippen molar-refractivity contribution in [1.82, 2.24) is 20.1 Å². The van der Waals surface area contributed by atoms with Crippen LogP contribution in [0.3, 0.4) is 0 Å². The first kappa shape index (κ1) is 22.1. The van der Waals surface area contributed by atoms with Crippen LogP contribution in [0.5, 0.6) is 0 Å². The van der Waals surface area contributed by atoms with Crippen LogP contribution < -0.4 is 5.32 Å². The topological polar surface area (TPSA) is 123 Å². The van der Waals surface area contributed by atoms with Crippen molar-refractivity contribution >= 4 is 34.6 Å². The lowest BCUT2D eigenvalue weighted by atomic mass is 10.0. The molecule has 0 spiro atoms. The maximum Gasteiger partial charge on any atom is 0.326 e. The second kappa shape index (κ2) is 9.56. The molecule has 3 aromatic rings. The number of carboxylic acids is 1. The van der Waals surface area contributed by atoms with Crippen molar-refractivity contribution in [3.63, 3.8) is 0 Å². The fourth-order valence-electron chi connectivity index (χ4n) is 3.93. The van der Waals surface area contributed by atoms with E-state index in [0.717, 1.165) is 26.9 Å². The van der Waals surface area contributed by atoms with Crippen LogP contribution in [-0.2, 0) is 32.1 Å². The van der Waals surface area contributed by atoms with E-state index < -0.39 is 17.9 Å². The van der Waals surface area contributed by atoms with E-state index in [1.807, 2.05) is 54.6 Å². The first-order valence-corrected chi connectivity index (χ1v) is 10.6. The molecule has 1 saturated heterocycles. The summed E-state index contributed by atoms with van der Waals surface area (Å²) in [6.07, 6.45) is 1.81. The number of nitrogens with one attached hydrogen (secondary N) is 2. The molecule has 3 N–H and O–H groups in total. The second-order valence-electron chi connectivity index (χ2n) is 8.01. The maximum absolute atomic E-state index is 12.5. The minimum atomic E-state index is -1.18.